The van der Waals surface area contributed by atoms with Gasteiger partial charge < -0.3 is 5.32 Å². The standard InChI is InChI=1S/C15H20ClF2NO/c1-3-4-11(5-6-16)9-19-15(20)12-7-10(2)13(17)8-14(12)18/h7-8,11H,3-6,9H2,1-2H3,(H,19,20). The molecule has 0 aliphatic rings. The van der Waals surface area contributed by atoms with Crippen LogP contribution in [0.4, 0.5) is 8.78 Å². The Hall–Kier alpha value is -1.16. The van der Waals surface area contributed by atoms with Gasteiger partial charge in [-0.15, -0.1) is 11.6 Å². The molecule has 0 aliphatic heterocycles. The normalized spacial score (nSPS) is 12.2. The van der Waals surface area contributed by atoms with Gasteiger partial charge in [-0.05, 0) is 37.3 Å². The summed E-state index contributed by atoms with van der Waals surface area (Å²) >= 11 is 5.71. The predicted molar refractivity (Wildman–Crippen MR) is 77.2 cm³/mol. The second-order valence-electron chi connectivity index (χ2n) is 4.92. The first kappa shape index (κ1) is 16.9. The summed E-state index contributed by atoms with van der Waals surface area (Å²) in [6, 6.07) is 1.98. The Bertz CT molecular complexity index is 459. The van der Waals surface area contributed by atoms with Crippen LogP contribution in [0.1, 0.15) is 42.1 Å². The molecule has 1 unspecified atom stereocenters. The lowest BCUT2D eigenvalue weighted by Crippen LogP contribution is -2.30. The minimum absolute atomic E-state index is 0.120. The Morgan fingerprint density at radius 2 is 2.00 bits per heavy atom. The van der Waals surface area contributed by atoms with E-state index >= 15 is 0 Å². The summed E-state index contributed by atoms with van der Waals surface area (Å²) in [5, 5.41) is 2.70. The van der Waals surface area contributed by atoms with Gasteiger partial charge in [-0.3, -0.25) is 4.79 Å². The lowest BCUT2D eigenvalue weighted by atomic mass is 10.0. The van der Waals surface area contributed by atoms with Gasteiger partial charge >= 0.3 is 0 Å². The SMILES string of the molecule is CCCC(CCCl)CNC(=O)c1cc(C)c(F)cc1F. The summed E-state index contributed by atoms with van der Waals surface area (Å²) in [6.07, 6.45) is 2.76. The number of amides is 1. The molecule has 20 heavy (non-hydrogen) atoms. The molecule has 1 atom stereocenters. The number of hydrogen-bond donors (Lipinski definition) is 1. The fourth-order valence-electron chi connectivity index (χ4n) is 2.07. The van der Waals surface area contributed by atoms with E-state index < -0.39 is 17.5 Å². The van der Waals surface area contributed by atoms with Gasteiger partial charge in [0.2, 0.25) is 0 Å². The van der Waals surface area contributed by atoms with E-state index in [9.17, 15) is 13.6 Å². The molecular formula is C15H20ClF2NO. The number of carbonyl (C=O) groups is 1. The van der Waals surface area contributed by atoms with E-state index in [1.165, 1.54) is 13.0 Å². The zero-order valence-electron chi connectivity index (χ0n) is 11.8. The third kappa shape index (κ3) is 4.75. The van der Waals surface area contributed by atoms with Crippen molar-refractivity contribution >= 4 is 17.5 Å². The predicted octanol–water partition coefficient (Wildman–Crippen LogP) is 4.05. The van der Waals surface area contributed by atoms with Crippen LogP contribution in [0.2, 0.25) is 0 Å². The van der Waals surface area contributed by atoms with Crippen molar-refractivity contribution in [3.8, 4) is 0 Å². The maximum atomic E-state index is 13.6. The van der Waals surface area contributed by atoms with Crippen molar-refractivity contribution in [1.29, 1.82) is 0 Å². The summed E-state index contributed by atoms with van der Waals surface area (Å²) in [5.74, 6) is -1.18. The van der Waals surface area contributed by atoms with Crippen molar-refractivity contribution in [1.82, 2.24) is 5.32 Å². The van der Waals surface area contributed by atoms with E-state index in [1.54, 1.807) is 0 Å². The molecule has 5 heteroatoms. The van der Waals surface area contributed by atoms with Crippen molar-refractivity contribution in [2.45, 2.75) is 33.1 Å². The monoisotopic (exact) mass is 303 g/mol. The molecule has 2 nitrogen and oxygen atoms in total. The number of nitrogens with one attached hydrogen (secondary N) is 1. The molecule has 1 N–H and O–H groups in total. The smallest absolute Gasteiger partial charge is 0.254 e. The Morgan fingerprint density at radius 1 is 1.30 bits per heavy atom. The summed E-state index contributed by atoms with van der Waals surface area (Å²) in [4.78, 5) is 11.9. The molecule has 1 rings (SSSR count). The first-order valence-electron chi connectivity index (χ1n) is 6.79. The van der Waals surface area contributed by atoms with Gasteiger partial charge in [0.25, 0.3) is 5.91 Å². The Balaban J connectivity index is 2.69. The topological polar surface area (TPSA) is 29.1 Å². The number of halogens is 3. The maximum absolute atomic E-state index is 13.6. The van der Waals surface area contributed by atoms with Crippen LogP contribution < -0.4 is 5.32 Å². The molecule has 1 aromatic carbocycles. The Labute approximate surface area is 123 Å². The quantitative estimate of drug-likeness (QED) is 0.757. The number of carbonyl (C=O) groups excluding carboxylic acids is 1. The Morgan fingerprint density at radius 3 is 2.60 bits per heavy atom. The first-order valence-corrected chi connectivity index (χ1v) is 7.32. The van der Waals surface area contributed by atoms with Gasteiger partial charge in [-0.25, -0.2) is 8.78 Å². The summed E-state index contributed by atoms with van der Waals surface area (Å²) in [6.45, 7) is 4.01. The number of rotatable bonds is 7. The summed E-state index contributed by atoms with van der Waals surface area (Å²) in [7, 11) is 0. The fourth-order valence-corrected chi connectivity index (χ4v) is 2.38. The average molecular weight is 304 g/mol. The van der Waals surface area contributed by atoms with Gasteiger partial charge in [0.15, 0.2) is 0 Å². The van der Waals surface area contributed by atoms with Crippen LogP contribution >= 0.6 is 11.6 Å². The molecule has 0 aliphatic carbocycles. The van der Waals surface area contributed by atoms with Crippen molar-refractivity contribution in [3.63, 3.8) is 0 Å². The van der Waals surface area contributed by atoms with Crippen molar-refractivity contribution < 1.29 is 13.6 Å². The highest BCUT2D eigenvalue weighted by molar-refractivity contribution is 6.17. The largest absolute Gasteiger partial charge is 0.352 e. The van der Waals surface area contributed by atoms with E-state index in [-0.39, 0.29) is 17.0 Å². The number of aryl methyl sites for hydroxylation is 1. The van der Waals surface area contributed by atoms with E-state index in [4.69, 9.17) is 11.6 Å². The van der Waals surface area contributed by atoms with Crippen molar-refractivity contribution in [3.05, 3.63) is 34.9 Å². The lowest BCUT2D eigenvalue weighted by molar-refractivity contribution is 0.0941. The second-order valence-corrected chi connectivity index (χ2v) is 5.30. The molecule has 0 spiro atoms. The molecule has 0 heterocycles. The number of hydrogen-bond acceptors (Lipinski definition) is 1. The highest BCUT2D eigenvalue weighted by atomic mass is 35.5. The molecule has 0 saturated heterocycles. The van der Waals surface area contributed by atoms with Crippen LogP contribution in [0.5, 0.6) is 0 Å². The lowest BCUT2D eigenvalue weighted by Gasteiger charge is -2.16. The molecule has 1 aromatic rings. The zero-order chi connectivity index (χ0) is 15.1. The molecule has 0 saturated carbocycles. The van der Waals surface area contributed by atoms with Crippen LogP contribution in [0.25, 0.3) is 0 Å². The molecule has 0 aromatic heterocycles. The maximum Gasteiger partial charge on any atom is 0.254 e. The van der Waals surface area contributed by atoms with E-state index in [0.717, 1.165) is 25.3 Å². The van der Waals surface area contributed by atoms with Gasteiger partial charge in [-0.1, -0.05) is 13.3 Å². The van der Waals surface area contributed by atoms with Gasteiger partial charge in [-0.2, -0.15) is 0 Å². The van der Waals surface area contributed by atoms with Crippen molar-refractivity contribution in [2.75, 3.05) is 12.4 Å². The van der Waals surface area contributed by atoms with Gasteiger partial charge in [0.05, 0.1) is 5.56 Å². The number of benzene rings is 1. The van der Waals surface area contributed by atoms with Crippen molar-refractivity contribution in [2.24, 2.45) is 5.92 Å². The minimum atomic E-state index is -0.838. The zero-order valence-corrected chi connectivity index (χ0v) is 12.6. The average Bonchev–Trinajstić information content (AvgIpc) is 2.40. The van der Waals surface area contributed by atoms with Gasteiger partial charge in [0, 0.05) is 18.5 Å². The second kappa shape index (κ2) is 8.20. The molecule has 0 bridgehead atoms. The fraction of sp³-hybridized carbons (Fsp3) is 0.533. The number of alkyl halides is 1. The molecule has 1 amide bonds. The minimum Gasteiger partial charge on any atom is -0.352 e. The van der Waals surface area contributed by atoms with E-state index in [1.807, 2.05) is 0 Å². The van der Waals surface area contributed by atoms with Crippen LogP contribution in [-0.4, -0.2) is 18.3 Å². The highest BCUT2D eigenvalue weighted by Crippen LogP contribution is 2.15. The molecule has 112 valence electrons. The first-order chi connectivity index (χ1) is 9.49. The molecule has 0 fully saturated rings. The van der Waals surface area contributed by atoms with Crippen LogP contribution in [0.3, 0.4) is 0 Å². The van der Waals surface area contributed by atoms with Crippen LogP contribution in [0.15, 0.2) is 12.1 Å². The van der Waals surface area contributed by atoms with Crippen LogP contribution in [0, 0.1) is 24.5 Å². The highest BCUT2D eigenvalue weighted by Gasteiger charge is 2.16. The summed E-state index contributed by atoms with van der Waals surface area (Å²) in [5.41, 5.74) is 0.132. The third-order valence-electron chi connectivity index (χ3n) is 3.26. The van der Waals surface area contributed by atoms with Gasteiger partial charge in [0.1, 0.15) is 11.6 Å². The van der Waals surface area contributed by atoms with Crippen LogP contribution in [-0.2, 0) is 0 Å². The Kier molecular flexibility index (Phi) is 6.93. The molecule has 0 radical (unpaired) electrons. The van der Waals surface area contributed by atoms with E-state index in [2.05, 4.69) is 12.2 Å². The molecular weight excluding hydrogens is 284 g/mol. The summed E-state index contributed by atoms with van der Waals surface area (Å²) < 4.78 is 26.7. The third-order valence-corrected chi connectivity index (χ3v) is 3.48. The van der Waals surface area contributed by atoms with E-state index in [0.29, 0.717) is 12.4 Å².